The van der Waals surface area contributed by atoms with E-state index in [4.69, 9.17) is 0 Å². The fourth-order valence-electron chi connectivity index (χ4n) is 2.70. The lowest BCUT2D eigenvalue weighted by molar-refractivity contribution is -0.138. The van der Waals surface area contributed by atoms with Gasteiger partial charge in [-0.15, -0.1) is 0 Å². The van der Waals surface area contributed by atoms with Gasteiger partial charge in [-0.1, -0.05) is 18.2 Å². The van der Waals surface area contributed by atoms with Crippen LogP contribution in [0.2, 0.25) is 0 Å². The predicted molar refractivity (Wildman–Crippen MR) is 94.8 cm³/mol. The number of benzene rings is 2. The first-order chi connectivity index (χ1) is 11.6. The van der Waals surface area contributed by atoms with Crippen molar-refractivity contribution >= 4 is 21.7 Å². The average molecular weight is 365 g/mol. The predicted octanol–water partition coefficient (Wildman–Crippen LogP) is 2.90. The Morgan fingerprint density at radius 1 is 1.16 bits per heavy atom. The normalized spacial score (nSPS) is 12.6. The van der Waals surface area contributed by atoms with E-state index in [0.29, 0.717) is 0 Å². The van der Waals surface area contributed by atoms with Crippen LogP contribution in [-0.2, 0) is 21.2 Å². The largest absolute Gasteiger partial charge is 0.480 e. The first-order valence-corrected chi connectivity index (χ1v) is 9.49. The Morgan fingerprint density at radius 2 is 1.76 bits per heavy atom. The number of carbonyl (C=O) groups is 1. The van der Waals surface area contributed by atoms with Crippen LogP contribution in [0.3, 0.4) is 0 Å². The molecule has 2 aromatic rings. The molecular weight excluding hydrogens is 345 g/mol. The second-order valence-electron chi connectivity index (χ2n) is 5.95. The van der Waals surface area contributed by atoms with Crippen LogP contribution in [0.5, 0.6) is 0 Å². The Bertz CT molecular complexity index is 878. The van der Waals surface area contributed by atoms with E-state index in [1.807, 2.05) is 19.9 Å². The highest BCUT2D eigenvalue weighted by Crippen LogP contribution is 2.25. The molecule has 0 saturated heterocycles. The Balaban J connectivity index is 2.52. The summed E-state index contributed by atoms with van der Waals surface area (Å²) in [5.41, 5.74) is 2.78. The Hall–Kier alpha value is -2.41. The SMILES string of the molecule is Cc1cccc(C[C@H](C(=O)O)N(c2ccc(F)cc2)S(C)(=O)=O)c1C. The van der Waals surface area contributed by atoms with Gasteiger partial charge in [-0.05, 0) is 54.8 Å². The Labute approximate surface area is 146 Å². The molecule has 2 aromatic carbocycles. The van der Waals surface area contributed by atoms with Crippen LogP contribution in [0.1, 0.15) is 16.7 Å². The fraction of sp³-hybridized carbons (Fsp3) is 0.278. The highest BCUT2D eigenvalue weighted by Gasteiger charge is 2.33. The lowest BCUT2D eigenvalue weighted by Gasteiger charge is -2.29. The summed E-state index contributed by atoms with van der Waals surface area (Å²) >= 11 is 0. The first kappa shape index (κ1) is 18.9. The Kier molecular flexibility index (Phi) is 5.47. The molecule has 134 valence electrons. The van der Waals surface area contributed by atoms with Gasteiger partial charge in [-0.25, -0.2) is 17.6 Å². The minimum atomic E-state index is -3.89. The monoisotopic (exact) mass is 365 g/mol. The molecule has 5 nitrogen and oxygen atoms in total. The van der Waals surface area contributed by atoms with E-state index < -0.39 is 27.9 Å². The van der Waals surface area contributed by atoms with Crippen molar-refractivity contribution in [2.75, 3.05) is 10.6 Å². The van der Waals surface area contributed by atoms with Crippen LogP contribution in [-0.4, -0.2) is 31.8 Å². The fourth-order valence-corrected chi connectivity index (χ4v) is 3.83. The average Bonchev–Trinajstić information content (AvgIpc) is 2.51. The maximum atomic E-state index is 13.2. The van der Waals surface area contributed by atoms with Gasteiger partial charge >= 0.3 is 5.97 Å². The van der Waals surface area contributed by atoms with E-state index in [1.54, 1.807) is 12.1 Å². The first-order valence-electron chi connectivity index (χ1n) is 7.64. The number of aliphatic carboxylic acids is 1. The van der Waals surface area contributed by atoms with Crippen molar-refractivity contribution in [1.29, 1.82) is 0 Å². The molecule has 0 amide bonds. The van der Waals surface area contributed by atoms with Crippen molar-refractivity contribution in [2.24, 2.45) is 0 Å². The summed E-state index contributed by atoms with van der Waals surface area (Å²) < 4.78 is 38.5. The molecule has 1 atom stereocenters. The van der Waals surface area contributed by atoms with E-state index >= 15 is 0 Å². The summed E-state index contributed by atoms with van der Waals surface area (Å²) in [6.07, 6.45) is 0.947. The van der Waals surface area contributed by atoms with Gasteiger partial charge in [0.1, 0.15) is 11.9 Å². The summed E-state index contributed by atoms with van der Waals surface area (Å²) in [6, 6.07) is 8.88. The van der Waals surface area contributed by atoms with Crippen molar-refractivity contribution < 1.29 is 22.7 Å². The molecule has 0 radical (unpaired) electrons. The van der Waals surface area contributed by atoms with E-state index in [0.717, 1.165) is 39.4 Å². The molecule has 0 fully saturated rings. The molecule has 0 unspecified atom stereocenters. The molecule has 0 aromatic heterocycles. The highest BCUT2D eigenvalue weighted by molar-refractivity contribution is 7.92. The van der Waals surface area contributed by atoms with Crippen LogP contribution < -0.4 is 4.31 Å². The van der Waals surface area contributed by atoms with Gasteiger partial charge in [0, 0.05) is 6.42 Å². The minimum absolute atomic E-state index is 0.00724. The summed E-state index contributed by atoms with van der Waals surface area (Å²) in [5.74, 6) is -1.80. The number of halogens is 1. The quantitative estimate of drug-likeness (QED) is 0.854. The molecule has 0 aliphatic heterocycles. The summed E-state index contributed by atoms with van der Waals surface area (Å²) in [4.78, 5) is 11.8. The van der Waals surface area contributed by atoms with Gasteiger partial charge in [0.25, 0.3) is 0 Å². The van der Waals surface area contributed by atoms with Crippen molar-refractivity contribution in [3.05, 3.63) is 65.0 Å². The highest BCUT2D eigenvalue weighted by atomic mass is 32.2. The van der Waals surface area contributed by atoms with Gasteiger partial charge < -0.3 is 5.11 Å². The molecule has 1 N–H and O–H groups in total. The summed E-state index contributed by atoms with van der Waals surface area (Å²) in [7, 11) is -3.89. The van der Waals surface area contributed by atoms with Crippen LogP contribution in [0, 0.1) is 19.7 Å². The number of rotatable bonds is 6. The maximum Gasteiger partial charge on any atom is 0.327 e. The van der Waals surface area contributed by atoms with Crippen molar-refractivity contribution in [3.8, 4) is 0 Å². The van der Waals surface area contributed by atoms with Crippen LogP contribution in [0.25, 0.3) is 0 Å². The molecule has 2 rings (SSSR count). The number of anilines is 1. The van der Waals surface area contributed by atoms with Crippen molar-refractivity contribution in [2.45, 2.75) is 26.3 Å². The molecule has 0 spiro atoms. The molecule has 0 saturated carbocycles. The van der Waals surface area contributed by atoms with E-state index in [1.165, 1.54) is 12.1 Å². The van der Waals surface area contributed by atoms with Gasteiger partial charge in [0.05, 0.1) is 11.9 Å². The Morgan fingerprint density at radius 3 is 2.28 bits per heavy atom. The van der Waals surface area contributed by atoms with Gasteiger partial charge in [-0.3, -0.25) is 4.31 Å². The maximum absolute atomic E-state index is 13.2. The zero-order valence-electron chi connectivity index (χ0n) is 14.2. The van der Waals surface area contributed by atoms with Gasteiger partial charge in [0.15, 0.2) is 0 Å². The zero-order valence-corrected chi connectivity index (χ0v) is 15.0. The lowest BCUT2D eigenvalue weighted by Crippen LogP contribution is -2.46. The third-order valence-corrected chi connectivity index (χ3v) is 5.32. The zero-order chi connectivity index (χ0) is 18.8. The minimum Gasteiger partial charge on any atom is -0.480 e. The van der Waals surface area contributed by atoms with E-state index in [-0.39, 0.29) is 12.1 Å². The standard InChI is InChI=1S/C18H20FNO4S/c1-12-5-4-6-14(13(12)2)11-17(18(21)22)20(25(3,23)24)16-9-7-15(19)8-10-16/h4-10,17H,11H2,1-3H3,(H,21,22)/t17-/m1/s1. The topological polar surface area (TPSA) is 74.7 Å². The van der Waals surface area contributed by atoms with E-state index in [2.05, 4.69) is 0 Å². The van der Waals surface area contributed by atoms with Crippen LogP contribution >= 0.6 is 0 Å². The number of carboxylic acid groups (broad SMARTS) is 1. The van der Waals surface area contributed by atoms with E-state index in [9.17, 15) is 22.7 Å². The summed E-state index contributed by atoms with van der Waals surface area (Å²) in [5, 5.41) is 9.66. The molecule has 0 aliphatic rings. The number of hydrogen-bond donors (Lipinski definition) is 1. The molecule has 7 heteroatoms. The number of nitrogens with zero attached hydrogens (tertiary/aromatic N) is 1. The summed E-state index contributed by atoms with van der Waals surface area (Å²) in [6.45, 7) is 3.77. The molecule has 25 heavy (non-hydrogen) atoms. The number of carboxylic acids is 1. The molecular formula is C18H20FNO4S. The smallest absolute Gasteiger partial charge is 0.327 e. The number of hydrogen-bond acceptors (Lipinski definition) is 3. The number of aryl methyl sites for hydroxylation is 1. The molecule has 0 aliphatic carbocycles. The van der Waals surface area contributed by atoms with Crippen molar-refractivity contribution in [1.82, 2.24) is 0 Å². The van der Waals surface area contributed by atoms with Gasteiger partial charge in [-0.2, -0.15) is 0 Å². The third kappa shape index (κ3) is 4.36. The molecule has 0 heterocycles. The number of sulfonamides is 1. The lowest BCUT2D eigenvalue weighted by atomic mass is 9.97. The van der Waals surface area contributed by atoms with Crippen molar-refractivity contribution in [3.63, 3.8) is 0 Å². The van der Waals surface area contributed by atoms with Crippen LogP contribution in [0.4, 0.5) is 10.1 Å². The molecule has 0 bridgehead atoms. The second kappa shape index (κ2) is 7.23. The third-order valence-electron chi connectivity index (χ3n) is 4.14. The second-order valence-corrected chi connectivity index (χ2v) is 7.81. The van der Waals surface area contributed by atoms with Crippen LogP contribution in [0.15, 0.2) is 42.5 Å². The van der Waals surface area contributed by atoms with Gasteiger partial charge in [0.2, 0.25) is 10.0 Å².